The van der Waals surface area contributed by atoms with Gasteiger partial charge in [-0.2, -0.15) is 11.8 Å². The summed E-state index contributed by atoms with van der Waals surface area (Å²) in [6, 6.07) is 15.4. The maximum Gasteiger partial charge on any atom is 0.257 e. The van der Waals surface area contributed by atoms with Crippen LogP contribution in [0.4, 0.5) is 0 Å². The largest absolute Gasteiger partial charge is 0.496 e. The summed E-state index contributed by atoms with van der Waals surface area (Å²) in [7, 11) is 3.14. The molecule has 2 aromatic rings. The summed E-state index contributed by atoms with van der Waals surface area (Å²) in [5.74, 6) is 3.41. The van der Waals surface area contributed by atoms with Crippen LogP contribution < -0.4 is 19.5 Å². The lowest BCUT2D eigenvalue weighted by Gasteiger charge is -2.10. The Morgan fingerprint density at radius 3 is 2.28 bits per heavy atom. The van der Waals surface area contributed by atoms with E-state index in [1.54, 1.807) is 44.2 Å². The van der Waals surface area contributed by atoms with Gasteiger partial charge in [0.15, 0.2) is 6.61 Å². The first kappa shape index (κ1) is 19.0. The molecule has 0 saturated heterocycles. The monoisotopic (exact) mass is 361 g/mol. The van der Waals surface area contributed by atoms with Crippen LogP contribution in [0.2, 0.25) is 0 Å². The van der Waals surface area contributed by atoms with Gasteiger partial charge in [0.05, 0.1) is 14.2 Å². The zero-order valence-corrected chi connectivity index (χ0v) is 15.3. The van der Waals surface area contributed by atoms with E-state index in [9.17, 15) is 4.79 Å². The fraction of sp³-hybridized carbons (Fsp3) is 0.316. The SMILES string of the molecule is COc1cc(OC)cc(OCC(=O)NCCSCc2ccccc2)c1. The Bertz CT molecular complexity index is 641. The minimum atomic E-state index is -0.151. The van der Waals surface area contributed by atoms with E-state index < -0.39 is 0 Å². The third-order valence-electron chi connectivity index (χ3n) is 3.38. The van der Waals surface area contributed by atoms with Crippen LogP contribution in [-0.2, 0) is 10.5 Å². The number of hydrogen-bond acceptors (Lipinski definition) is 5. The molecule has 0 aliphatic heterocycles. The fourth-order valence-corrected chi connectivity index (χ4v) is 2.91. The number of rotatable bonds is 10. The van der Waals surface area contributed by atoms with E-state index >= 15 is 0 Å². The Morgan fingerprint density at radius 1 is 1.00 bits per heavy atom. The maximum absolute atomic E-state index is 11.9. The van der Waals surface area contributed by atoms with Crippen molar-refractivity contribution in [3.63, 3.8) is 0 Å². The van der Waals surface area contributed by atoms with Crippen LogP contribution in [0.5, 0.6) is 17.2 Å². The second-order valence-corrected chi connectivity index (χ2v) is 6.33. The van der Waals surface area contributed by atoms with Gasteiger partial charge in [-0.05, 0) is 5.56 Å². The van der Waals surface area contributed by atoms with Crippen molar-refractivity contribution in [2.24, 2.45) is 0 Å². The van der Waals surface area contributed by atoms with Crippen molar-refractivity contribution in [1.29, 1.82) is 0 Å². The molecule has 2 aromatic carbocycles. The Balaban J connectivity index is 1.65. The molecular formula is C19H23NO4S. The van der Waals surface area contributed by atoms with E-state index in [2.05, 4.69) is 17.4 Å². The molecule has 25 heavy (non-hydrogen) atoms. The van der Waals surface area contributed by atoms with Gasteiger partial charge in [0.2, 0.25) is 0 Å². The second kappa shape index (κ2) is 10.5. The summed E-state index contributed by atoms with van der Waals surface area (Å²) in [5, 5.41) is 2.85. The topological polar surface area (TPSA) is 56.8 Å². The molecule has 134 valence electrons. The Hall–Kier alpha value is -2.34. The maximum atomic E-state index is 11.9. The first-order chi connectivity index (χ1) is 12.2. The Morgan fingerprint density at radius 2 is 1.64 bits per heavy atom. The van der Waals surface area contributed by atoms with Crippen LogP contribution in [0.3, 0.4) is 0 Å². The standard InChI is InChI=1S/C19H23NO4S/c1-22-16-10-17(23-2)12-18(11-16)24-13-19(21)20-8-9-25-14-15-6-4-3-5-7-15/h3-7,10-12H,8-9,13-14H2,1-2H3,(H,20,21). The van der Waals surface area contributed by atoms with Crippen molar-refractivity contribution >= 4 is 17.7 Å². The molecule has 0 unspecified atom stereocenters. The van der Waals surface area contributed by atoms with Crippen LogP contribution in [-0.4, -0.2) is 39.0 Å². The van der Waals surface area contributed by atoms with Crippen molar-refractivity contribution in [2.45, 2.75) is 5.75 Å². The normalized spacial score (nSPS) is 10.2. The van der Waals surface area contributed by atoms with Crippen LogP contribution in [0.1, 0.15) is 5.56 Å². The third-order valence-corrected chi connectivity index (χ3v) is 4.41. The van der Waals surface area contributed by atoms with Gasteiger partial charge in [0.25, 0.3) is 5.91 Å². The lowest BCUT2D eigenvalue weighted by Crippen LogP contribution is -2.30. The number of benzene rings is 2. The molecule has 0 aliphatic rings. The van der Waals surface area contributed by atoms with Gasteiger partial charge in [-0.1, -0.05) is 30.3 Å². The highest BCUT2D eigenvalue weighted by Gasteiger charge is 2.06. The van der Waals surface area contributed by atoms with Gasteiger partial charge < -0.3 is 19.5 Å². The summed E-state index contributed by atoms with van der Waals surface area (Å²) in [4.78, 5) is 11.9. The molecule has 0 aromatic heterocycles. The predicted octanol–water partition coefficient (Wildman–Crippen LogP) is 3.13. The molecular weight excluding hydrogens is 338 g/mol. The number of thioether (sulfide) groups is 1. The molecule has 0 atom stereocenters. The van der Waals surface area contributed by atoms with Crippen molar-refractivity contribution in [3.05, 3.63) is 54.1 Å². The van der Waals surface area contributed by atoms with E-state index in [-0.39, 0.29) is 12.5 Å². The molecule has 0 saturated carbocycles. The second-order valence-electron chi connectivity index (χ2n) is 5.23. The number of methoxy groups -OCH3 is 2. The smallest absolute Gasteiger partial charge is 0.257 e. The first-order valence-electron chi connectivity index (χ1n) is 7.95. The van der Waals surface area contributed by atoms with E-state index in [1.165, 1.54) is 5.56 Å². The fourth-order valence-electron chi connectivity index (χ4n) is 2.09. The zero-order valence-electron chi connectivity index (χ0n) is 14.5. The third kappa shape index (κ3) is 6.97. The lowest BCUT2D eigenvalue weighted by molar-refractivity contribution is -0.122. The number of carbonyl (C=O) groups excluding carboxylic acids is 1. The van der Waals surface area contributed by atoms with Crippen LogP contribution in [0.15, 0.2) is 48.5 Å². The first-order valence-corrected chi connectivity index (χ1v) is 9.11. The van der Waals surface area contributed by atoms with E-state index in [0.29, 0.717) is 23.8 Å². The predicted molar refractivity (Wildman–Crippen MR) is 101 cm³/mol. The molecule has 6 heteroatoms. The summed E-state index contributed by atoms with van der Waals surface area (Å²) in [6.45, 7) is 0.570. The number of hydrogen-bond donors (Lipinski definition) is 1. The van der Waals surface area contributed by atoms with Gasteiger partial charge in [0, 0.05) is 36.2 Å². The van der Waals surface area contributed by atoms with Crippen LogP contribution in [0, 0.1) is 0 Å². The molecule has 5 nitrogen and oxygen atoms in total. The Labute approximate surface area is 152 Å². The highest BCUT2D eigenvalue weighted by Crippen LogP contribution is 2.27. The summed E-state index contributed by atoms with van der Waals surface area (Å²) < 4.78 is 15.8. The van der Waals surface area contributed by atoms with Gasteiger partial charge in [0.1, 0.15) is 17.2 Å². The molecule has 0 bridgehead atoms. The number of nitrogens with one attached hydrogen (secondary N) is 1. The average molecular weight is 361 g/mol. The van der Waals surface area contributed by atoms with Crippen LogP contribution >= 0.6 is 11.8 Å². The van der Waals surface area contributed by atoms with Crippen molar-refractivity contribution in [3.8, 4) is 17.2 Å². The molecule has 2 rings (SSSR count). The molecule has 0 fully saturated rings. The molecule has 0 radical (unpaired) electrons. The van der Waals surface area contributed by atoms with Gasteiger partial charge in [-0.25, -0.2) is 0 Å². The molecule has 0 aliphatic carbocycles. The quantitative estimate of drug-likeness (QED) is 0.659. The number of amides is 1. The number of carbonyl (C=O) groups is 1. The summed E-state index contributed by atoms with van der Waals surface area (Å²) >= 11 is 1.78. The van der Waals surface area contributed by atoms with Gasteiger partial charge >= 0.3 is 0 Å². The lowest BCUT2D eigenvalue weighted by atomic mass is 10.2. The average Bonchev–Trinajstić information content (AvgIpc) is 2.66. The van der Waals surface area contributed by atoms with Crippen LogP contribution in [0.25, 0.3) is 0 Å². The molecule has 0 spiro atoms. The molecule has 0 heterocycles. The van der Waals surface area contributed by atoms with Gasteiger partial charge in [-0.15, -0.1) is 0 Å². The van der Waals surface area contributed by atoms with Crippen molar-refractivity contribution < 1.29 is 19.0 Å². The Kier molecular flexibility index (Phi) is 7.98. The minimum Gasteiger partial charge on any atom is -0.496 e. The van der Waals surface area contributed by atoms with Crippen molar-refractivity contribution in [1.82, 2.24) is 5.32 Å². The summed E-state index contributed by atoms with van der Waals surface area (Å²) in [5.41, 5.74) is 1.29. The molecule has 1 amide bonds. The van der Waals surface area contributed by atoms with E-state index in [4.69, 9.17) is 14.2 Å². The zero-order chi connectivity index (χ0) is 17.9. The highest BCUT2D eigenvalue weighted by atomic mass is 32.2. The minimum absolute atomic E-state index is 0.0420. The number of ether oxygens (including phenoxy) is 3. The van der Waals surface area contributed by atoms with E-state index in [0.717, 1.165) is 11.5 Å². The van der Waals surface area contributed by atoms with Gasteiger partial charge in [-0.3, -0.25) is 4.79 Å². The van der Waals surface area contributed by atoms with E-state index in [1.807, 2.05) is 18.2 Å². The molecule has 1 N–H and O–H groups in total. The summed E-state index contributed by atoms with van der Waals surface area (Å²) in [6.07, 6.45) is 0. The highest BCUT2D eigenvalue weighted by molar-refractivity contribution is 7.98. The van der Waals surface area contributed by atoms with Crippen molar-refractivity contribution in [2.75, 3.05) is 33.1 Å².